The van der Waals surface area contributed by atoms with Crippen molar-refractivity contribution in [2.75, 3.05) is 14.1 Å². The van der Waals surface area contributed by atoms with Crippen molar-refractivity contribution >= 4 is 69.1 Å². The van der Waals surface area contributed by atoms with Gasteiger partial charge in [-0.05, 0) is 68.7 Å². The van der Waals surface area contributed by atoms with Crippen molar-refractivity contribution in [3.63, 3.8) is 0 Å². The summed E-state index contributed by atoms with van der Waals surface area (Å²) in [7, 11) is 3.56. The molecule has 9 rings (SSSR count). The van der Waals surface area contributed by atoms with E-state index in [1.165, 1.54) is 32.1 Å². The average molecular weight is 1370 g/mol. The van der Waals surface area contributed by atoms with Gasteiger partial charge < -0.3 is 4.90 Å². The molecule has 0 unspecified atom stereocenters. The molecule has 9 aromatic carbocycles. The largest absolute Gasteiger partial charge is 0.416 e. The summed E-state index contributed by atoms with van der Waals surface area (Å²) in [6, 6.07) is 45.4. The maximum absolute atomic E-state index is 14.2. The second-order valence-corrected chi connectivity index (χ2v) is 28.8. The van der Waals surface area contributed by atoms with E-state index in [2.05, 4.69) is 165 Å². The fourth-order valence-corrected chi connectivity index (χ4v) is 22.9. The normalized spacial score (nSPS) is 13.3. The first kappa shape index (κ1) is 71.0. The van der Waals surface area contributed by atoms with Crippen molar-refractivity contribution in [2.24, 2.45) is 0 Å². The van der Waals surface area contributed by atoms with Crippen LogP contribution in [0.5, 0.6) is 0 Å². The highest BCUT2D eigenvalue weighted by Gasteiger charge is 2.56. The molecule has 0 N–H and O–H groups in total. The Morgan fingerprint density at radius 3 is 0.731 bits per heavy atom. The zero-order valence-electron chi connectivity index (χ0n) is 47.5. The second kappa shape index (κ2) is 26.2. The predicted octanol–water partition coefficient (Wildman–Crippen LogP) is 17.3. The Kier molecular flexibility index (Phi) is 20.0. The third-order valence-corrected chi connectivity index (χ3v) is 25.4. The lowest BCUT2D eigenvalue weighted by Gasteiger charge is -2.46. The molecule has 0 aliphatic carbocycles. The van der Waals surface area contributed by atoms with Gasteiger partial charge in [-0.3, -0.25) is 0 Å². The van der Waals surface area contributed by atoms with Crippen molar-refractivity contribution < 1.29 is 105 Å². The van der Waals surface area contributed by atoms with Crippen LogP contribution in [0.1, 0.15) is 50.1 Å². The molecule has 0 fully saturated rings. The number of hydrogen-bond donors (Lipinski definition) is 0. The molecular formula is C65H44BF24NP2. The number of rotatable bonds is 12. The Bertz CT molecular complexity index is 3530. The van der Waals surface area contributed by atoms with Gasteiger partial charge in [0.2, 0.25) is 0 Å². The van der Waals surface area contributed by atoms with E-state index in [4.69, 9.17) is 0 Å². The highest BCUT2D eigenvalue weighted by atomic mass is 32.1. The minimum Gasteiger partial charge on any atom is -0.305 e. The topological polar surface area (TPSA) is 3.24 Å². The molecule has 490 valence electrons. The van der Waals surface area contributed by atoms with Crippen LogP contribution < -0.4 is 48.4 Å². The van der Waals surface area contributed by atoms with Gasteiger partial charge in [0.15, 0.2) is 0 Å². The van der Waals surface area contributed by atoms with Gasteiger partial charge >= 0.3 is 49.4 Å². The summed E-state index contributed by atoms with van der Waals surface area (Å²) in [5.74, 6) is 0. The zero-order chi connectivity index (χ0) is 68.7. The van der Waals surface area contributed by atoms with Crippen LogP contribution in [0.15, 0.2) is 218 Å². The first-order valence-electron chi connectivity index (χ1n) is 27.0. The van der Waals surface area contributed by atoms with E-state index in [0.29, 0.717) is 0 Å². The summed E-state index contributed by atoms with van der Waals surface area (Å²) in [5, 5.41) is 7.18. The summed E-state index contributed by atoms with van der Waals surface area (Å²) in [4.78, 5) is 2.29. The SMILES string of the molecule is CN(C)Cc1ccccc1[P+](c1ccccc1)(c1ccccc1)P(c1ccccc1)c1ccccc1.FC(F)(F)c1cc([B-](c2cc(C(F)(F)F)cc(C(F)(F)F)c2)(c2cc(C(F)(F)F)cc(C(F)(F)F)c2)c2cc(C(F)(F)F)cc(C(F)(F)F)c2)cc(C(F)(F)F)c1. The lowest BCUT2D eigenvalue weighted by molar-refractivity contribution is -0.144. The number of nitrogens with zero attached hydrogens (tertiary/aromatic N) is 1. The lowest BCUT2D eigenvalue weighted by atomic mass is 9.12. The lowest BCUT2D eigenvalue weighted by Crippen LogP contribution is -2.75. The molecule has 28 heteroatoms. The smallest absolute Gasteiger partial charge is 0.305 e. The van der Waals surface area contributed by atoms with Crippen molar-refractivity contribution in [1.82, 2.24) is 4.90 Å². The fraction of sp³-hybridized carbons (Fsp3) is 0.169. The molecule has 1 nitrogen and oxygen atoms in total. The van der Waals surface area contributed by atoms with Crippen LogP contribution in [0.4, 0.5) is 105 Å². The van der Waals surface area contributed by atoms with Gasteiger partial charge in [-0.25, -0.2) is 0 Å². The van der Waals surface area contributed by atoms with Gasteiger partial charge in [0.25, 0.3) is 0 Å². The molecule has 0 aliphatic heterocycles. The predicted molar refractivity (Wildman–Crippen MR) is 312 cm³/mol. The average Bonchev–Trinajstić information content (AvgIpc) is 0.718. The highest BCUT2D eigenvalue weighted by molar-refractivity contribution is 8.52. The van der Waals surface area contributed by atoms with Gasteiger partial charge in [-0.15, -0.1) is 0 Å². The van der Waals surface area contributed by atoms with Crippen LogP contribution in [0, 0.1) is 0 Å². The first-order chi connectivity index (χ1) is 43.0. The van der Waals surface area contributed by atoms with Crippen LogP contribution in [0.2, 0.25) is 0 Å². The maximum Gasteiger partial charge on any atom is 0.416 e. The Morgan fingerprint density at radius 1 is 0.290 bits per heavy atom. The van der Waals surface area contributed by atoms with Gasteiger partial charge in [0.1, 0.15) is 36.6 Å². The van der Waals surface area contributed by atoms with E-state index >= 15 is 0 Å². The summed E-state index contributed by atoms with van der Waals surface area (Å²) in [6.45, 7) is -1.26. The summed E-state index contributed by atoms with van der Waals surface area (Å²) < 4.78 is 341. The van der Waals surface area contributed by atoms with Gasteiger partial charge in [-0.1, -0.05) is 164 Å². The molecule has 0 saturated carbocycles. The van der Waals surface area contributed by atoms with Crippen LogP contribution in [-0.2, 0) is 56.0 Å². The Labute approximate surface area is 516 Å². The van der Waals surface area contributed by atoms with E-state index in [9.17, 15) is 105 Å². The minimum atomic E-state index is -6.13. The van der Waals surface area contributed by atoms with E-state index in [0.717, 1.165) is 6.54 Å². The monoisotopic (exact) mass is 1370 g/mol. The van der Waals surface area contributed by atoms with E-state index in [-0.39, 0.29) is 0 Å². The summed E-state index contributed by atoms with van der Waals surface area (Å²) in [6.07, 6.45) is -54.8. The third kappa shape index (κ3) is 15.6. The number of alkyl halides is 24. The maximum atomic E-state index is 14.2. The van der Waals surface area contributed by atoms with Crippen LogP contribution in [-0.4, -0.2) is 25.1 Å². The van der Waals surface area contributed by atoms with E-state index in [1.54, 1.807) is 0 Å². The quantitative estimate of drug-likeness (QED) is 0.0669. The van der Waals surface area contributed by atoms with Crippen molar-refractivity contribution in [2.45, 2.75) is 56.0 Å². The molecule has 0 aliphatic rings. The third-order valence-electron chi connectivity index (χ3n) is 14.8. The van der Waals surface area contributed by atoms with E-state index in [1.807, 2.05) is 0 Å². The first-order valence-corrected chi connectivity index (χ1v) is 30.8. The number of benzene rings is 9. The van der Waals surface area contributed by atoms with Crippen molar-refractivity contribution in [1.29, 1.82) is 0 Å². The van der Waals surface area contributed by atoms with Gasteiger partial charge in [-0.2, -0.15) is 127 Å². The molecule has 0 amide bonds. The molecule has 0 heterocycles. The Balaban J connectivity index is 0.000000263. The molecule has 9 aromatic rings. The molecule has 0 atom stereocenters. The molecule has 0 aromatic heterocycles. The van der Waals surface area contributed by atoms with Crippen molar-refractivity contribution in [3.05, 3.63) is 268 Å². The molecular weight excluding hydrogens is 1320 g/mol. The molecule has 93 heavy (non-hydrogen) atoms. The molecule has 0 radical (unpaired) electrons. The number of halogens is 24. The highest BCUT2D eigenvalue weighted by Crippen LogP contribution is 2.80. The Morgan fingerprint density at radius 2 is 0.505 bits per heavy atom. The fourth-order valence-electron chi connectivity index (χ4n) is 11.1. The Hall–Kier alpha value is -7.82. The molecule has 0 saturated heterocycles. The summed E-state index contributed by atoms with van der Waals surface area (Å²) in [5.41, 5.74) is -28.8. The number of hydrogen-bond acceptors (Lipinski definition) is 1. The van der Waals surface area contributed by atoms with E-state index < -0.39 is 209 Å². The van der Waals surface area contributed by atoms with Crippen LogP contribution in [0.25, 0.3) is 0 Å². The second-order valence-electron chi connectivity index (χ2n) is 21.4. The standard InChI is InChI=1S/C33H32NP2.C32H12BF24/c1-34(2)27-28-17-15-16-26-33(28)36(31-22-11-5-12-23-31,32-24-13-6-14-25-32)35(29-18-7-3-8-19-29)30-20-9-4-10-21-30;34-25(35,36)13-1-14(26(37,38)39)6-21(5-13)33(22-7-15(27(40,41)42)2-16(8-22)28(43,44)45,23-9-17(29(46,47)48)3-18(10-23)30(49,50)51)24-11-19(31(52,53)54)4-20(12-24)32(55,56)57/h3-26H,27H2,1-2H3;1-12H/q+1;-1. The molecule has 0 bridgehead atoms. The summed E-state index contributed by atoms with van der Waals surface area (Å²) >= 11 is 0. The minimum absolute atomic E-state index is 0.691. The molecule has 0 spiro atoms. The van der Waals surface area contributed by atoms with Crippen LogP contribution >= 0.6 is 14.6 Å². The zero-order valence-corrected chi connectivity index (χ0v) is 49.3. The van der Waals surface area contributed by atoms with Gasteiger partial charge in [0.05, 0.1) is 44.5 Å². The van der Waals surface area contributed by atoms with Gasteiger partial charge in [0, 0.05) is 22.7 Å². The van der Waals surface area contributed by atoms with Crippen LogP contribution in [0.3, 0.4) is 0 Å². The van der Waals surface area contributed by atoms with Crippen molar-refractivity contribution in [3.8, 4) is 0 Å².